The van der Waals surface area contributed by atoms with Gasteiger partial charge in [-0.05, 0) is 13.0 Å². The number of nitrogens with zero attached hydrogens (tertiary/aromatic N) is 5. The molecule has 7 nitrogen and oxygen atoms in total. The summed E-state index contributed by atoms with van der Waals surface area (Å²) in [6.07, 6.45) is 3.39. The first kappa shape index (κ1) is 15.5. The van der Waals surface area contributed by atoms with E-state index in [0.29, 0.717) is 13.2 Å². The van der Waals surface area contributed by atoms with Gasteiger partial charge in [-0.1, -0.05) is 29.8 Å². The molecule has 4 aromatic rings. The molecule has 0 spiro atoms. The van der Waals surface area contributed by atoms with Gasteiger partial charge in [0.25, 0.3) is 0 Å². The van der Waals surface area contributed by atoms with Gasteiger partial charge in [-0.15, -0.1) is 0 Å². The summed E-state index contributed by atoms with van der Waals surface area (Å²) in [4.78, 5) is 13.5. The van der Waals surface area contributed by atoms with Crippen LogP contribution in [0.3, 0.4) is 0 Å². The molecule has 0 unspecified atom stereocenters. The Bertz CT molecular complexity index is 1000. The molecular weight excluding hydrogens is 316 g/mol. The zero-order valence-electron chi connectivity index (χ0n) is 14.1. The standard InChI is InChI=1S/C18H18N6O/c1-12-3-5-13(6-4-12)15-17(23-24(22-15)9-10-25-2)16-14-7-8-19-18(14)21-11-20-16/h3-8,11H,9-10H2,1-2H3,(H,19,20,21). The number of nitrogens with one attached hydrogen (secondary N) is 1. The topological polar surface area (TPSA) is 81.5 Å². The normalized spacial score (nSPS) is 11.3. The minimum Gasteiger partial charge on any atom is -0.383 e. The van der Waals surface area contributed by atoms with E-state index in [-0.39, 0.29) is 0 Å². The molecule has 0 radical (unpaired) electrons. The van der Waals surface area contributed by atoms with Crippen molar-refractivity contribution in [1.82, 2.24) is 29.9 Å². The molecule has 3 aromatic heterocycles. The first-order valence-electron chi connectivity index (χ1n) is 8.06. The van der Waals surface area contributed by atoms with Gasteiger partial charge >= 0.3 is 0 Å². The fourth-order valence-corrected chi connectivity index (χ4v) is 2.75. The predicted octanol–water partition coefficient (Wildman–Crippen LogP) is 2.84. The van der Waals surface area contributed by atoms with Crippen LogP contribution in [0.2, 0.25) is 0 Å². The van der Waals surface area contributed by atoms with Crippen LogP contribution in [0.1, 0.15) is 5.56 Å². The molecule has 4 rings (SSSR count). The lowest BCUT2D eigenvalue weighted by molar-refractivity contribution is 0.179. The van der Waals surface area contributed by atoms with Gasteiger partial charge in [-0.3, -0.25) is 0 Å². The molecule has 0 fully saturated rings. The highest BCUT2D eigenvalue weighted by Gasteiger charge is 2.19. The van der Waals surface area contributed by atoms with E-state index in [1.807, 2.05) is 12.3 Å². The van der Waals surface area contributed by atoms with E-state index in [4.69, 9.17) is 4.74 Å². The molecular formula is C18H18N6O. The number of H-pyrrole nitrogens is 1. The SMILES string of the molecule is COCCn1nc(-c2ccc(C)cc2)c(-c2ncnc3[nH]ccc23)n1. The van der Waals surface area contributed by atoms with Gasteiger partial charge in [0.1, 0.15) is 29.1 Å². The molecule has 0 amide bonds. The van der Waals surface area contributed by atoms with E-state index in [9.17, 15) is 0 Å². The predicted molar refractivity (Wildman–Crippen MR) is 95.0 cm³/mol. The van der Waals surface area contributed by atoms with E-state index >= 15 is 0 Å². The summed E-state index contributed by atoms with van der Waals surface area (Å²) in [5.41, 5.74) is 5.31. The van der Waals surface area contributed by atoms with Crippen LogP contribution in [0.25, 0.3) is 33.7 Å². The number of ether oxygens (including phenoxy) is 1. The van der Waals surface area contributed by atoms with Crippen LogP contribution in [0.4, 0.5) is 0 Å². The zero-order chi connectivity index (χ0) is 17.2. The van der Waals surface area contributed by atoms with Crippen LogP contribution in [0.5, 0.6) is 0 Å². The molecule has 0 saturated carbocycles. The summed E-state index contributed by atoms with van der Waals surface area (Å²) in [6, 6.07) is 10.2. The Balaban J connectivity index is 1.89. The molecule has 0 aliphatic carbocycles. The number of methoxy groups -OCH3 is 1. The third-order valence-corrected chi connectivity index (χ3v) is 4.05. The minimum atomic E-state index is 0.546. The van der Waals surface area contributed by atoms with Crippen molar-refractivity contribution in [3.63, 3.8) is 0 Å². The van der Waals surface area contributed by atoms with Crippen molar-refractivity contribution in [2.75, 3.05) is 13.7 Å². The van der Waals surface area contributed by atoms with Gasteiger partial charge < -0.3 is 9.72 Å². The maximum atomic E-state index is 5.15. The molecule has 0 aliphatic heterocycles. The van der Waals surface area contributed by atoms with Crippen molar-refractivity contribution in [2.24, 2.45) is 0 Å². The van der Waals surface area contributed by atoms with Crippen molar-refractivity contribution in [2.45, 2.75) is 13.5 Å². The Morgan fingerprint density at radius 3 is 2.60 bits per heavy atom. The first-order valence-corrected chi connectivity index (χ1v) is 8.06. The lowest BCUT2D eigenvalue weighted by atomic mass is 10.1. The Morgan fingerprint density at radius 2 is 1.80 bits per heavy atom. The summed E-state index contributed by atoms with van der Waals surface area (Å²) in [6.45, 7) is 3.19. The van der Waals surface area contributed by atoms with Gasteiger partial charge in [-0.25, -0.2) is 9.97 Å². The molecule has 0 saturated heterocycles. The molecule has 1 N–H and O–H groups in total. The van der Waals surface area contributed by atoms with E-state index in [1.54, 1.807) is 18.2 Å². The number of aromatic amines is 1. The number of aryl methyl sites for hydroxylation is 1. The fraction of sp³-hybridized carbons (Fsp3) is 0.222. The second kappa shape index (κ2) is 6.45. The highest BCUT2D eigenvalue weighted by atomic mass is 16.5. The molecule has 0 aliphatic rings. The number of hydrogen-bond donors (Lipinski definition) is 1. The third kappa shape index (κ3) is 2.89. The molecule has 0 bridgehead atoms. The maximum absolute atomic E-state index is 5.15. The van der Waals surface area contributed by atoms with E-state index in [2.05, 4.69) is 56.3 Å². The Labute approximate surface area is 144 Å². The van der Waals surface area contributed by atoms with Gasteiger partial charge in [0, 0.05) is 24.3 Å². The van der Waals surface area contributed by atoms with Crippen LogP contribution in [-0.2, 0) is 11.3 Å². The zero-order valence-corrected chi connectivity index (χ0v) is 14.1. The first-order chi connectivity index (χ1) is 12.3. The van der Waals surface area contributed by atoms with E-state index < -0.39 is 0 Å². The quantitative estimate of drug-likeness (QED) is 0.607. The molecule has 7 heteroatoms. The van der Waals surface area contributed by atoms with Crippen LogP contribution < -0.4 is 0 Å². The summed E-state index contributed by atoms with van der Waals surface area (Å²) in [5, 5.41) is 10.3. The number of hydrogen-bond acceptors (Lipinski definition) is 5. The highest BCUT2D eigenvalue weighted by molar-refractivity contribution is 5.93. The summed E-state index contributed by atoms with van der Waals surface area (Å²) in [5.74, 6) is 0. The van der Waals surface area contributed by atoms with Crippen molar-refractivity contribution in [3.8, 4) is 22.6 Å². The van der Waals surface area contributed by atoms with Crippen LogP contribution in [-0.4, -0.2) is 43.7 Å². The number of benzene rings is 1. The lowest BCUT2D eigenvalue weighted by Crippen LogP contribution is -2.07. The Kier molecular flexibility index (Phi) is 3.99. The minimum absolute atomic E-state index is 0.546. The summed E-state index contributed by atoms with van der Waals surface area (Å²) < 4.78 is 5.15. The van der Waals surface area contributed by atoms with Crippen molar-refractivity contribution in [3.05, 3.63) is 48.4 Å². The van der Waals surface area contributed by atoms with Crippen molar-refractivity contribution >= 4 is 11.0 Å². The molecule has 3 heterocycles. The van der Waals surface area contributed by atoms with Gasteiger partial charge in [-0.2, -0.15) is 15.0 Å². The molecule has 25 heavy (non-hydrogen) atoms. The van der Waals surface area contributed by atoms with E-state index in [1.165, 1.54) is 5.56 Å². The fourth-order valence-electron chi connectivity index (χ4n) is 2.75. The largest absolute Gasteiger partial charge is 0.383 e. The second-order valence-electron chi connectivity index (χ2n) is 5.81. The monoisotopic (exact) mass is 334 g/mol. The maximum Gasteiger partial charge on any atom is 0.141 e. The summed E-state index contributed by atoms with van der Waals surface area (Å²) >= 11 is 0. The highest BCUT2D eigenvalue weighted by Crippen LogP contribution is 2.31. The van der Waals surface area contributed by atoms with Crippen molar-refractivity contribution in [1.29, 1.82) is 0 Å². The van der Waals surface area contributed by atoms with Crippen LogP contribution in [0, 0.1) is 6.92 Å². The number of aromatic nitrogens is 6. The average Bonchev–Trinajstić information content (AvgIpc) is 3.27. The van der Waals surface area contributed by atoms with Gasteiger partial charge in [0.05, 0.1) is 13.2 Å². The Hall–Kier alpha value is -3.06. The average molecular weight is 334 g/mol. The van der Waals surface area contributed by atoms with Crippen LogP contribution in [0.15, 0.2) is 42.9 Å². The smallest absolute Gasteiger partial charge is 0.141 e. The summed E-state index contributed by atoms with van der Waals surface area (Å²) in [7, 11) is 1.67. The molecule has 0 atom stereocenters. The van der Waals surface area contributed by atoms with E-state index in [0.717, 1.165) is 33.7 Å². The third-order valence-electron chi connectivity index (χ3n) is 4.05. The number of fused-ring (bicyclic) bond motifs is 1. The van der Waals surface area contributed by atoms with Crippen LogP contribution >= 0.6 is 0 Å². The van der Waals surface area contributed by atoms with Gasteiger partial charge in [0.15, 0.2) is 0 Å². The molecule has 126 valence electrons. The van der Waals surface area contributed by atoms with Crippen molar-refractivity contribution < 1.29 is 4.74 Å². The lowest BCUT2D eigenvalue weighted by Gasteiger charge is -2.02. The second-order valence-corrected chi connectivity index (χ2v) is 5.81. The molecule has 1 aromatic carbocycles. The van der Waals surface area contributed by atoms with Gasteiger partial charge in [0.2, 0.25) is 0 Å². The number of rotatable bonds is 5. The Morgan fingerprint density at radius 1 is 1.00 bits per heavy atom.